The monoisotopic (exact) mass is 364 g/mol. The molecule has 0 aromatic heterocycles. The van der Waals surface area contributed by atoms with Crippen molar-refractivity contribution in [2.24, 2.45) is 0 Å². The van der Waals surface area contributed by atoms with Gasteiger partial charge in [-0.1, -0.05) is 12.1 Å². The Hall–Kier alpha value is -1.50. The number of ether oxygens (including phenoxy) is 2. The van der Waals surface area contributed by atoms with Gasteiger partial charge in [-0.3, -0.25) is 9.69 Å². The molecule has 0 saturated carbocycles. The molecule has 5 nitrogen and oxygen atoms in total. The number of halogens is 1. The highest BCUT2D eigenvalue weighted by Gasteiger charge is 2.24. The first-order valence-corrected chi connectivity index (χ1v) is 9.64. The predicted octanol–water partition coefficient (Wildman–Crippen LogP) is 2.10. The van der Waals surface area contributed by atoms with Gasteiger partial charge in [-0.2, -0.15) is 0 Å². The summed E-state index contributed by atoms with van der Waals surface area (Å²) in [6, 6.07) is 6.52. The second kappa shape index (κ2) is 10.00. The van der Waals surface area contributed by atoms with Crippen molar-refractivity contribution >= 4 is 5.91 Å². The Kier molecular flexibility index (Phi) is 7.41. The van der Waals surface area contributed by atoms with E-state index in [2.05, 4.69) is 4.90 Å². The first-order valence-electron chi connectivity index (χ1n) is 9.64. The highest BCUT2D eigenvalue weighted by Crippen LogP contribution is 2.13. The van der Waals surface area contributed by atoms with E-state index >= 15 is 0 Å². The summed E-state index contributed by atoms with van der Waals surface area (Å²) >= 11 is 0. The molecule has 2 aliphatic rings. The summed E-state index contributed by atoms with van der Waals surface area (Å²) < 4.78 is 24.3. The van der Waals surface area contributed by atoms with E-state index in [-0.39, 0.29) is 17.8 Å². The van der Waals surface area contributed by atoms with Gasteiger partial charge in [0.1, 0.15) is 5.82 Å². The van der Waals surface area contributed by atoms with Crippen molar-refractivity contribution in [3.05, 3.63) is 35.6 Å². The number of benzene rings is 1. The fraction of sp³-hybridized carbons (Fsp3) is 0.650. The van der Waals surface area contributed by atoms with Gasteiger partial charge in [-0.25, -0.2) is 4.39 Å². The van der Waals surface area contributed by atoms with Crippen molar-refractivity contribution in [2.45, 2.75) is 31.8 Å². The summed E-state index contributed by atoms with van der Waals surface area (Å²) in [5.41, 5.74) is 1.07. The lowest BCUT2D eigenvalue weighted by Crippen LogP contribution is -2.45. The van der Waals surface area contributed by atoms with Gasteiger partial charge in [0.2, 0.25) is 5.91 Å². The number of nitrogens with zero attached hydrogens (tertiary/aromatic N) is 2. The minimum atomic E-state index is -0.222. The molecule has 1 amide bonds. The lowest BCUT2D eigenvalue weighted by molar-refractivity contribution is -0.132. The van der Waals surface area contributed by atoms with Crippen LogP contribution in [0.3, 0.4) is 0 Å². The number of rotatable bonds is 6. The van der Waals surface area contributed by atoms with E-state index in [9.17, 15) is 9.18 Å². The Balaban J connectivity index is 1.43. The number of hydrogen-bond donors (Lipinski definition) is 0. The third-order valence-corrected chi connectivity index (χ3v) is 5.04. The van der Waals surface area contributed by atoms with Crippen molar-refractivity contribution in [1.82, 2.24) is 9.80 Å². The lowest BCUT2D eigenvalue weighted by Gasteiger charge is -2.31. The minimum Gasteiger partial charge on any atom is -0.379 e. The van der Waals surface area contributed by atoms with E-state index in [4.69, 9.17) is 9.47 Å². The van der Waals surface area contributed by atoms with Crippen molar-refractivity contribution in [2.75, 3.05) is 52.5 Å². The number of carbonyl (C=O) groups is 1. The van der Waals surface area contributed by atoms with Crippen molar-refractivity contribution in [3.63, 3.8) is 0 Å². The molecule has 1 atom stereocenters. The fourth-order valence-electron chi connectivity index (χ4n) is 3.56. The van der Waals surface area contributed by atoms with Gasteiger partial charge < -0.3 is 14.4 Å². The van der Waals surface area contributed by atoms with Crippen molar-refractivity contribution in [1.29, 1.82) is 0 Å². The highest BCUT2D eigenvalue weighted by molar-refractivity contribution is 5.76. The molecule has 2 saturated heterocycles. The van der Waals surface area contributed by atoms with E-state index in [1.54, 1.807) is 12.1 Å². The molecule has 1 aromatic rings. The third kappa shape index (κ3) is 6.04. The highest BCUT2D eigenvalue weighted by atomic mass is 19.1. The van der Waals surface area contributed by atoms with E-state index < -0.39 is 0 Å². The zero-order valence-electron chi connectivity index (χ0n) is 15.4. The van der Waals surface area contributed by atoms with Gasteiger partial charge in [0.05, 0.1) is 19.3 Å². The molecule has 2 aliphatic heterocycles. The number of amides is 1. The summed E-state index contributed by atoms with van der Waals surface area (Å²) in [4.78, 5) is 16.9. The fourth-order valence-corrected chi connectivity index (χ4v) is 3.56. The maximum Gasteiger partial charge on any atom is 0.222 e. The van der Waals surface area contributed by atoms with Crippen molar-refractivity contribution in [3.8, 4) is 0 Å². The maximum absolute atomic E-state index is 12.9. The van der Waals surface area contributed by atoms with Gasteiger partial charge in [0.15, 0.2) is 0 Å². The number of aryl methyl sites for hydroxylation is 1. The second-order valence-corrected chi connectivity index (χ2v) is 7.08. The Bertz CT molecular complexity index is 561. The molecule has 2 fully saturated rings. The van der Waals surface area contributed by atoms with Crippen LogP contribution >= 0.6 is 0 Å². The van der Waals surface area contributed by atoms with Crippen LogP contribution in [0.2, 0.25) is 0 Å². The van der Waals surface area contributed by atoms with Crippen molar-refractivity contribution < 1.29 is 18.7 Å². The normalized spacial score (nSPS) is 22.2. The molecular formula is C20H29FN2O3. The molecular weight excluding hydrogens is 335 g/mol. The molecule has 0 N–H and O–H groups in total. The Morgan fingerprint density at radius 3 is 2.65 bits per heavy atom. The number of hydrogen-bond acceptors (Lipinski definition) is 4. The largest absolute Gasteiger partial charge is 0.379 e. The van der Waals surface area contributed by atoms with Crippen LogP contribution in [0, 0.1) is 5.82 Å². The molecule has 1 aromatic carbocycles. The van der Waals surface area contributed by atoms with Gasteiger partial charge in [0.25, 0.3) is 0 Å². The lowest BCUT2D eigenvalue weighted by atomic mass is 10.1. The topological polar surface area (TPSA) is 42.0 Å². The number of morpholine rings is 1. The Morgan fingerprint density at radius 2 is 1.88 bits per heavy atom. The maximum atomic E-state index is 12.9. The second-order valence-electron chi connectivity index (χ2n) is 7.08. The summed E-state index contributed by atoms with van der Waals surface area (Å²) in [7, 11) is 0. The average molecular weight is 364 g/mol. The summed E-state index contributed by atoms with van der Waals surface area (Å²) in [5, 5.41) is 0. The van der Waals surface area contributed by atoms with E-state index in [1.807, 2.05) is 4.90 Å². The Labute approximate surface area is 155 Å². The quantitative estimate of drug-likeness (QED) is 0.775. The summed E-state index contributed by atoms with van der Waals surface area (Å²) in [6.07, 6.45) is 3.09. The van der Waals surface area contributed by atoms with Crippen LogP contribution in [0.25, 0.3) is 0 Å². The molecule has 1 unspecified atom stereocenters. The van der Waals surface area contributed by atoms with Crippen LogP contribution in [0.15, 0.2) is 24.3 Å². The van der Waals surface area contributed by atoms with Gasteiger partial charge in [-0.05, 0) is 37.0 Å². The Morgan fingerprint density at radius 1 is 1.12 bits per heavy atom. The molecule has 26 heavy (non-hydrogen) atoms. The van der Waals surface area contributed by atoms with E-state index in [1.165, 1.54) is 12.1 Å². The molecule has 0 radical (unpaired) electrons. The molecule has 144 valence electrons. The SMILES string of the molecule is O=C(CCCc1ccc(F)cc1)N1CCCOC(CN2CCOCC2)C1. The molecule has 2 heterocycles. The molecule has 0 spiro atoms. The van der Waals surface area contributed by atoms with E-state index in [0.29, 0.717) is 19.6 Å². The van der Waals surface area contributed by atoms with Crippen LogP contribution in [0.4, 0.5) is 4.39 Å². The van der Waals surface area contributed by atoms with Gasteiger partial charge in [0, 0.05) is 45.8 Å². The smallest absolute Gasteiger partial charge is 0.222 e. The van der Waals surface area contributed by atoms with Crippen LogP contribution in [0.1, 0.15) is 24.8 Å². The van der Waals surface area contributed by atoms with Crippen LogP contribution in [0.5, 0.6) is 0 Å². The molecule has 0 aliphatic carbocycles. The number of carbonyl (C=O) groups excluding carboxylic acids is 1. The predicted molar refractivity (Wildman–Crippen MR) is 97.5 cm³/mol. The molecule has 3 rings (SSSR count). The molecule has 0 bridgehead atoms. The van der Waals surface area contributed by atoms with Crippen LogP contribution < -0.4 is 0 Å². The third-order valence-electron chi connectivity index (χ3n) is 5.04. The summed E-state index contributed by atoms with van der Waals surface area (Å²) in [5.74, 6) is -0.0229. The standard InChI is InChI=1S/C20H29FN2O3/c21-18-7-5-17(6-8-18)3-1-4-20(24)23-9-2-12-26-19(16-23)15-22-10-13-25-14-11-22/h5-8,19H,1-4,9-16H2. The van der Waals surface area contributed by atoms with E-state index in [0.717, 1.165) is 64.2 Å². The minimum absolute atomic E-state index is 0.0802. The zero-order chi connectivity index (χ0) is 18.2. The average Bonchev–Trinajstić information content (AvgIpc) is 2.90. The van der Waals surface area contributed by atoms with Crippen LogP contribution in [-0.4, -0.2) is 74.4 Å². The molecule has 6 heteroatoms. The van der Waals surface area contributed by atoms with Gasteiger partial charge in [-0.15, -0.1) is 0 Å². The van der Waals surface area contributed by atoms with Crippen LogP contribution in [-0.2, 0) is 20.7 Å². The summed E-state index contributed by atoms with van der Waals surface area (Å²) in [6.45, 7) is 6.45. The first-order chi connectivity index (χ1) is 12.7. The zero-order valence-corrected chi connectivity index (χ0v) is 15.4. The van der Waals surface area contributed by atoms with Gasteiger partial charge >= 0.3 is 0 Å². The first kappa shape index (κ1) is 19.3.